The Kier molecular flexibility index (Phi) is 6.95. The van der Waals surface area contributed by atoms with Gasteiger partial charge in [-0.25, -0.2) is 9.59 Å². The van der Waals surface area contributed by atoms with Crippen LogP contribution in [0.3, 0.4) is 0 Å². The van der Waals surface area contributed by atoms with E-state index in [1.165, 1.54) is 12.8 Å². The van der Waals surface area contributed by atoms with Crippen molar-refractivity contribution in [2.75, 3.05) is 39.8 Å². The second kappa shape index (κ2) is 8.96. The van der Waals surface area contributed by atoms with Crippen molar-refractivity contribution < 1.29 is 29.3 Å². The zero-order valence-corrected chi connectivity index (χ0v) is 14.5. The van der Waals surface area contributed by atoms with Crippen molar-refractivity contribution in [1.29, 1.82) is 0 Å². The minimum atomic E-state index is -1.82. The van der Waals surface area contributed by atoms with Crippen LogP contribution in [0.15, 0.2) is 11.8 Å². The lowest BCUT2D eigenvalue weighted by Gasteiger charge is -2.37. The number of ketones is 1. The fourth-order valence-electron chi connectivity index (χ4n) is 3.39. The molecule has 2 aliphatic heterocycles. The van der Waals surface area contributed by atoms with E-state index in [1.807, 2.05) is 0 Å². The molecular weight excluding hydrogens is 328 g/mol. The van der Waals surface area contributed by atoms with E-state index in [9.17, 15) is 4.79 Å². The Bertz CT molecular complexity index is 527. The van der Waals surface area contributed by atoms with E-state index in [-0.39, 0.29) is 12.0 Å². The number of carbonyl (C=O) groups is 3. The van der Waals surface area contributed by atoms with E-state index < -0.39 is 11.9 Å². The summed E-state index contributed by atoms with van der Waals surface area (Å²) in [4.78, 5) is 35.4. The summed E-state index contributed by atoms with van der Waals surface area (Å²) in [7, 11) is 2.15. The molecule has 0 aromatic heterocycles. The van der Waals surface area contributed by atoms with Crippen LogP contribution in [0.25, 0.3) is 0 Å². The molecule has 3 aliphatic rings. The number of ether oxygens (including phenoxy) is 1. The Labute approximate surface area is 147 Å². The summed E-state index contributed by atoms with van der Waals surface area (Å²) in [6.07, 6.45) is 6.37. The number of hydrogen-bond acceptors (Lipinski definition) is 6. The van der Waals surface area contributed by atoms with Gasteiger partial charge >= 0.3 is 11.9 Å². The van der Waals surface area contributed by atoms with E-state index in [0.29, 0.717) is 5.78 Å². The first-order valence-corrected chi connectivity index (χ1v) is 8.64. The molecule has 1 saturated carbocycles. The van der Waals surface area contributed by atoms with Crippen molar-refractivity contribution in [3.63, 3.8) is 0 Å². The van der Waals surface area contributed by atoms with Crippen LogP contribution in [-0.4, -0.2) is 83.6 Å². The number of fused-ring (bicyclic) bond motifs is 1. The first-order valence-electron chi connectivity index (χ1n) is 8.64. The predicted octanol–water partition coefficient (Wildman–Crippen LogP) is 0.431. The highest BCUT2D eigenvalue weighted by Crippen LogP contribution is 2.33. The van der Waals surface area contributed by atoms with Crippen LogP contribution in [-0.2, 0) is 19.1 Å². The van der Waals surface area contributed by atoms with Gasteiger partial charge in [-0.2, -0.15) is 0 Å². The second-order valence-corrected chi connectivity index (χ2v) is 6.76. The van der Waals surface area contributed by atoms with E-state index in [0.717, 1.165) is 51.1 Å². The van der Waals surface area contributed by atoms with E-state index in [1.54, 1.807) is 6.26 Å². The third-order valence-electron chi connectivity index (χ3n) is 4.91. The molecule has 1 aliphatic carbocycles. The van der Waals surface area contributed by atoms with E-state index in [2.05, 4.69) is 16.8 Å². The Morgan fingerprint density at radius 2 is 1.72 bits per heavy atom. The van der Waals surface area contributed by atoms with Gasteiger partial charge in [-0.3, -0.25) is 9.69 Å². The lowest BCUT2D eigenvalue weighted by Crippen LogP contribution is -2.47. The van der Waals surface area contributed by atoms with Crippen LogP contribution >= 0.6 is 0 Å². The average molecular weight is 354 g/mol. The number of nitrogens with zero attached hydrogens (tertiary/aromatic N) is 2. The SMILES string of the molecule is CN1CCN(CC2=COC3CCCCC3C2=O)CC1.O=C(O)C(=O)O. The summed E-state index contributed by atoms with van der Waals surface area (Å²) in [5.41, 5.74) is 0.896. The molecule has 0 aromatic carbocycles. The Hall–Kier alpha value is -1.93. The van der Waals surface area contributed by atoms with Gasteiger partial charge in [0.1, 0.15) is 6.10 Å². The van der Waals surface area contributed by atoms with E-state index >= 15 is 0 Å². The topological polar surface area (TPSA) is 107 Å². The smallest absolute Gasteiger partial charge is 0.414 e. The molecular formula is C17H26N2O6. The molecule has 25 heavy (non-hydrogen) atoms. The fourth-order valence-corrected chi connectivity index (χ4v) is 3.39. The highest BCUT2D eigenvalue weighted by atomic mass is 16.5. The van der Waals surface area contributed by atoms with Crippen molar-refractivity contribution in [2.24, 2.45) is 5.92 Å². The lowest BCUT2D eigenvalue weighted by molar-refractivity contribution is -0.159. The van der Waals surface area contributed by atoms with Crippen LogP contribution in [0.2, 0.25) is 0 Å². The summed E-state index contributed by atoms with van der Waals surface area (Å²) < 4.78 is 5.81. The maximum atomic E-state index is 12.5. The zero-order chi connectivity index (χ0) is 18.4. The molecule has 0 radical (unpaired) electrons. The lowest BCUT2D eigenvalue weighted by atomic mass is 9.80. The fraction of sp³-hybridized carbons (Fsp3) is 0.706. The minimum Gasteiger partial charge on any atom is -0.497 e. The van der Waals surface area contributed by atoms with Crippen LogP contribution < -0.4 is 0 Å². The van der Waals surface area contributed by atoms with Crippen LogP contribution in [0.4, 0.5) is 0 Å². The quantitative estimate of drug-likeness (QED) is 0.688. The van der Waals surface area contributed by atoms with Crippen molar-refractivity contribution in [1.82, 2.24) is 9.80 Å². The molecule has 0 amide bonds. The number of aliphatic carboxylic acids is 2. The molecule has 2 N–H and O–H groups in total. The molecule has 3 rings (SSSR count). The molecule has 2 fully saturated rings. The highest BCUT2D eigenvalue weighted by molar-refractivity contribution is 6.27. The van der Waals surface area contributed by atoms with Crippen molar-refractivity contribution in [2.45, 2.75) is 31.8 Å². The van der Waals surface area contributed by atoms with Crippen LogP contribution in [0.1, 0.15) is 25.7 Å². The average Bonchev–Trinajstić information content (AvgIpc) is 2.60. The van der Waals surface area contributed by atoms with Crippen molar-refractivity contribution in [3.8, 4) is 0 Å². The second-order valence-electron chi connectivity index (χ2n) is 6.76. The molecule has 1 saturated heterocycles. The number of likely N-dealkylation sites (N-methyl/N-ethyl adjacent to an activating group) is 1. The number of carboxylic acid groups (broad SMARTS) is 2. The molecule has 8 heteroatoms. The summed E-state index contributed by atoms with van der Waals surface area (Å²) in [5.74, 6) is -3.15. The van der Waals surface area contributed by atoms with Crippen molar-refractivity contribution in [3.05, 3.63) is 11.8 Å². The van der Waals surface area contributed by atoms with Gasteiger partial charge in [0.15, 0.2) is 5.78 Å². The highest BCUT2D eigenvalue weighted by Gasteiger charge is 2.37. The van der Waals surface area contributed by atoms with Gasteiger partial charge in [0.25, 0.3) is 0 Å². The molecule has 2 atom stereocenters. The predicted molar refractivity (Wildman–Crippen MR) is 89.1 cm³/mol. The number of Topliss-reactive ketones (excluding diaryl/α,β-unsaturated/α-hetero) is 1. The van der Waals surface area contributed by atoms with Gasteiger partial charge < -0.3 is 19.8 Å². The Morgan fingerprint density at radius 3 is 2.32 bits per heavy atom. The Balaban J connectivity index is 0.000000326. The normalized spacial score (nSPS) is 27.2. The molecule has 8 nitrogen and oxygen atoms in total. The van der Waals surface area contributed by atoms with Crippen LogP contribution in [0.5, 0.6) is 0 Å². The third kappa shape index (κ3) is 5.54. The van der Waals surface area contributed by atoms with Crippen LogP contribution in [0, 0.1) is 5.92 Å². The minimum absolute atomic E-state index is 0.140. The van der Waals surface area contributed by atoms with Crippen molar-refractivity contribution >= 4 is 17.7 Å². The first-order chi connectivity index (χ1) is 11.9. The van der Waals surface area contributed by atoms with Gasteiger partial charge in [0.05, 0.1) is 12.2 Å². The number of piperazine rings is 1. The number of carboxylic acids is 2. The maximum Gasteiger partial charge on any atom is 0.414 e. The summed E-state index contributed by atoms with van der Waals surface area (Å²) in [6.45, 7) is 5.06. The van der Waals surface area contributed by atoms with Gasteiger partial charge in [0, 0.05) is 38.3 Å². The maximum absolute atomic E-state index is 12.5. The number of carbonyl (C=O) groups excluding carboxylic acids is 1. The molecule has 0 bridgehead atoms. The van der Waals surface area contributed by atoms with E-state index in [4.69, 9.17) is 24.5 Å². The monoisotopic (exact) mass is 354 g/mol. The van der Waals surface area contributed by atoms with Gasteiger partial charge in [-0.05, 0) is 26.3 Å². The number of hydrogen-bond donors (Lipinski definition) is 2. The zero-order valence-electron chi connectivity index (χ0n) is 14.5. The third-order valence-corrected chi connectivity index (χ3v) is 4.91. The Morgan fingerprint density at radius 1 is 1.12 bits per heavy atom. The molecule has 140 valence electrons. The first kappa shape index (κ1) is 19.4. The van der Waals surface area contributed by atoms with Gasteiger partial charge in [-0.15, -0.1) is 0 Å². The summed E-state index contributed by atoms with van der Waals surface area (Å²) >= 11 is 0. The van der Waals surface area contributed by atoms with Gasteiger partial charge in [-0.1, -0.05) is 6.42 Å². The number of rotatable bonds is 2. The standard InChI is InChI=1S/C15H24N2O2.C2H2O4/c1-16-6-8-17(9-7-16)10-12-11-19-14-5-3-2-4-13(14)15(12)18;3-1(4)2(5)6/h11,13-14H,2-10H2,1H3;(H,3,4)(H,5,6). The largest absolute Gasteiger partial charge is 0.497 e. The molecule has 2 unspecified atom stereocenters. The molecule has 0 aromatic rings. The van der Waals surface area contributed by atoms with Gasteiger partial charge in [0.2, 0.25) is 0 Å². The molecule has 2 heterocycles. The molecule has 0 spiro atoms. The summed E-state index contributed by atoms with van der Waals surface area (Å²) in [6, 6.07) is 0. The summed E-state index contributed by atoms with van der Waals surface area (Å²) in [5, 5.41) is 14.8.